The Morgan fingerprint density at radius 1 is 1.15 bits per heavy atom. The van der Waals surface area contributed by atoms with Gasteiger partial charge in [-0.3, -0.25) is 14.7 Å². The lowest BCUT2D eigenvalue weighted by atomic mass is 9.78. The minimum Gasteiger partial charge on any atom is -0.382 e. The number of aromatic nitrogens is 1. The van der Waals surface area contributed by atoms with E-state index in [1.54, 1.807) is 25.1 Å². The molecular weight excluding hydrogens is 483 g/mol. The first kappa shape index (κ1) is 23.7. The molecule has 0 bridgehead atoms. The molecule has 0 saturated carbocycles. The molecule has 0 radical (unpaired) electrons. The quantitative estimate of drug-likeness (QED) is 0.536. The van der Waals surface area contributed by atoms with E-state index in [9.17, 15) is 13.2 Å². The molecule has 2 aromatic carbocycles. The number of nitrogens with two attached hydrogens (primary N) is 1. The number of halogens is 2. The zero-order chi connectivity index (χ0) is 24.8. The third-order valence-electron chi connectivity index (χ3n) is 5.39. The molecule has 0 aliphatic carbocycles. The summed E-state index contributed by atoms with van der Waals surface area (Å²) in [6, 6.07) is 11.7. The highest BCUT2D eigenvalue weighted by molar-refractivity contribution is 7.86. The van der Waals surface area contributed by atoms with Gasteiger partial charge < -0.3 is 9.92 Å². The van der Waals surface area contributed by atoms with E-state index in [1.807, 2.05) is 0 Å². The van der Waals surface area contributed by atoms with Crippen LogP contribution in [0.25, 0.3) is 11.1 Å². The summed E-state index contributed by atoms with van der Waals surface area (Å²) in [5, 5.41) is 0.0671. The Balaban J connectivity index is 2.22. The van der Waals surface area contributed by atoms with Crippen molar-refractivity contribution in [1.82, 2.24) is 9.88 Å². The van der Waals surface area contributed by atoms with Crippen molar-refractivity contribution in [2.24, 2.45) is 10.7 Å². The van der Waals surface area contributed by atoms with Crippen molar-refractivity contribution in [1.29, 1.82) is 0 Å². The summed E-state index contributed by atoms with van der Waals surface area (Å²) in [6.45, 7) is 1.72. The number of nitrogens with zero attached hydrogens (tertiary/aromatic N) is 3. The third kappa shape index (κ3) is 3.99. The molecule has 1 unspecified atom stereocenters. The molecule has 2 N–H and O–H groups in total. The maximum Gasteiger partial charge on any atom is 0.306 e. The van der Waals surface area contributed by atoms with Crippen molar-refractivity contribution >= 4 is 33.6 Å². The number of hydrogen-bond acceptors (Lipinski definition) is 7. The molecule has 176 valence electrons. The van der Waals surface area contributed by atoms with E-state index in [4.69, 9.17) is 21.5 Å². The van der Waals surface area contributed by atoms with E-state index in [-0.39, 0.29) is 33.4 Å². The van der Waals surface area contributed by atoms with Crippen LogP contribution in [0, 0.1) is 12.7 Å². The van der Waals surface area contributed by atoms with Gasteiger partial charge in [0, 0.05) is 41.2 Å². The average molecular weight is 503 g/mol. The number of aryl methyl sites for hydroxylation is 1. The molecule has 34 heavy (non-hydrogen) atoms. The summed E-state index contributed by atoms with van der Waals surface area (Å²) >= 11 is 6.31. The smallest absolute Gasteiger partial charge is 0.306 e. The second-order valence-corrected chi connectivity index (χ2v) is 9.84. The van der Waals surface area contributed by atoms with Crippen molar-refractivity contribution < 1.29 is 21.8 Å². The normalized spacial score (nSPS) is 18.2. The van der Waals surface area contributed by atoms with Crippen LogP contribution in [0.3, 0.4) is 0 Å². The van der Waals surface area contributed by atoms with E-state index in [2.05, 4.69) is 9.98 Å². The van der Waals surface area contributed by atoms with Crippen LogP contribution in [0.4, 0.5) is 4.39 Å². The number of benzene rings is 2. The molecule has 0 spiro atoms. The summed E-state index contributed by atoms with van der Waals surface area (Å²) < 4.78 is 44.7. The first-order valence-corrected chi connectivity index (χ1v) is 12.2. The van der Waals surface area contributed by atoms with Gasteiger partial charge in [0.2, 0.25) is 0 Å². The Morgan fingerprint density at radius 3 is 2.44 bits per heavy atom. The topological polar surface area (TPSA) is 115 Å². The van der Waals surface area contributed by atoms with Crippen molar-refractivity contribution in [2.45, 2.75) is 12.5 Å². The Kier molecular flexibility index (Phi) is 5.82. The van der Waals surface area contributed by atoms with Crippen LogP contribution in [-0.2, 0) is 20.5 Å². The molecule has 0 saturated heterocycles. The van der Waals surface area contributed by atoms with Gasteiger partial charge in [-0.25, -0.2) is 9.38 Å². The van der Waals surface area contributed by atoms with E-state index < -0.39 is 27.4 Å². The molecule has 2 heterocycles. The number of aliphatic imine (C=N–C) groups is 1. The molecule has 1 atom stereocenters. The zero-order valence-corrected chi connectivity index (χ0v) is 20.0. The number of amides is 1. The highest BCUT2D eigenvalue weighted by atomic mass is 35.5. The van der Waals surface area contributed by atoms with Crippen LogP contribution in [0.2, 0.25) is 5.02 Å². The lowest BCUT2D eigenvalue weighted by molar-refractivity contribution is -0.129. The maximum absolute atomic E-state index is 15.0. The van der Waals surface area contributed by atoms with Crippen LogP contribution in [-0.4, -0.2) is 43.5 Å². The largest absolute Gasteiger partial charge is 0.382 e. The first-order chi connectivity index (χ1) is 15.9. The van der Waals surface area contributed by atoms with Gasteiger partial charge in [-0.1, -0.05) is 29.8 Å². The number of carbonyl (C=O) groups is 1. The fourth-order valence-corrected chi connectivity index (χ4v) is 4.65. The summed E-state index contributed by atoms with van der Waals surface area (Å²) in [4.78, 5) is 23.6. The third-order valence-corrected chi connectivity index (χ3v) is 6.09. The van der Waals surface area contributed by atoms with Gasteiger partial charge in [0.1, 0.15) is 5.82 Å². The molecule has 1 aliphatic rings. The van der Waals surface area contributed by atoms with Gasteiger partial charge in [-0.2, -0.15) is 8.42 Å². The summed E-state index contributed by atoms with van der Waals surface area (Å²) in [7, 11) is -2.65. The van der Waals surface area contributed by atoms with Crippen LogP contribution in [0.5, 0.6) is 5.75 Å². The summed E-state index contributed by atoms with van der Waals surface area (Å²) in [6.07, 6.45) is 2.34. The molecule has 0 fully saturated rings. The number of guanidine groups is 1. The van der Waals surface area contributed by atoms with Gasteiger partial charge in [-0.05, 0) is 42.3 Å². The van der Waals surface area contributed by atoms with E-state index in [0.717, 1.165) is 11.2 Å². The van der Waals surface area contributed by atoms with Gasteiger partial charge in [0.05, 0.1) is 6.26 Å². The minimum absolute atomic E-state index is 0.0182. The van der Waals surface area contributed by atoms with Crippen LogP contribution in [0.1, 0.15) is 16.8 Å². The van der Waals surface area contributed by atoms with Crippen molar-refractivity contribution in [3.8, 4) is 16.9 Å². The molecule has 11 heteroatoms. The van der Waals surface area contributed by atoms with Crippen molar-refractivity contribution in [3.05, 3.63) is 82.4 Å². The monoisotopic (exact) mass is 502 g/mol. The Labute approximate surface area is 201 Å². The van der Waals surface area contributed by atoms with Crippen molar-refractivity contribution in [2.75, 3.05) is 13.3 Å². The Bertz CT molecular complexity index is 1460. The van der Waals surface area contributed by atoms with Crippen molar-refractivity contribution in [3.63, 3.8) is 0 Å². The summed E-state index contributed by atoms with van der Waals surface area (Å²) in [5.41, 5.74) is 5.26. The highest BCUT2D eigenvalue weighted by Crippen LogP contribution is 2.49. The van der Waals surface area contributed by atoms with Crippen LogP contribution in [0.15, 0.2) is 59.7 Å². The van der Waals surface area contributed by atoms with E-state index in [0.29, 0.717) is 11.3 Å². The second kappa shape index (κ2) is 8.37. The predicted molar refractivity (Wildman–Crippen MR) is 126 cm³/mol. The Hall–Kier alpha value is -3.50. The maximum atomic E-state index is 15.0. The second-order valence-electron chi connectivity index (χ2n) is 7.82. The fraction of sp³-hybridized carbons (Fsp3) is 0.174. The lowest BCUT2D eigenvalue weighted by Gasteiger charge is -2.30. The van der Waals surface area contributed by atoms with Gasteiger partial charge in [0.15, 0.2) is 17.2 Å². The highest BCUT2D eigenvalue weighted by Gasteiger charge is 2.53. The fourth-order valence-electron chi connectivity index (χ4n) is 3.98. The SMILES string of the molecule is Cc1cc(C2(c3c(OS(C)(=O)=O)cc(Cl)cc3-c3ccccc3F)N=C(N)N(C)C2=O)ccn1. The van der Waals surface area contributed by atoms with Gasteiger partial charge >= 0.3 is 10.1 Å². The van der Waals surface area contributed by atoms with Crippen LogP contribution >= 0.6 is 11.6 Å². The average Bonchev–Trinajstić information content (AvgIpc) is 2.97. The standard InChI is InChI=1S/C23H20ClFN4O4S/c1-13-10-14(8-9-27-13)23(21(30)29(2)22(26)28-23)20-17(16-6-4-5-7-18(16)25)11-15(24)12-19(20)33-34(3,31)32/h4-12H,1-3H3,(H2,26,28). The predicted octanol–water partition coefficient (Wildman–Crippen LogP) is 3.22. The number of likely N-dealkylation sites (N-methyl/N-ethyl adjacent to an activating group) is 1. The minimum atomic E-state index is -4.09. The van der Waals surface area contributed by atoms with E-state index in [1.165, 1.54) is 43.6 Å². The van der Waals surface area contributed by atoms with E-state index >= 15 is 4.39 Å². The van der Waals surface area contributed by atoms with Gasteiger partial charge in [-0.15, -0.1) is 0 Å². The molecule has 1 aromatic heterocycles. The summed E-state index contributed by atoms with van der Waals surface area (Å²) in [5.74, 6) is -1.59. The molecule has 1 aliphatic heterocycles. The lowest BCUT2D eigenvalue weighted by Crippen LogP contribution is -2.41. The first-order valence-electron chi connectivity index (χ1n) is 9.99. The molecule has 4 rings (SSSR count). The Morgan fingerprint density at radius 2 is 1.85 bits per heavy atom. The molecule has 8 nitrogen and oxygen atoms in total. The number of hydrogen-bond donors (Lipinski definition) is 1. The number of carbonyl (C=O) groups excluding carboxylic acids is 1. The number of rotatable bonds is 5. The van der Waals surface area contributed by atoms with Crippen LogP contribution < -0.4 is 9.92 Å². The molecule has 1 amide bonds. The molecule has 3 aromatic rings. The molecular formula is C23H20ClFN4O4S. The van der Waals surface area contributed by atoms with Gasteiger partial charge in [0.25, 0.3) is 5.91 Å². The number of pyridine rings is 1. The zero-order valence-electron chi connectivity index (χ0n) is 18.4.